The van der Waals surface area contributed by atoms with E-state index in [1.54, 1.807) is 17.9 Å². The molecule has 0 saturated carbocycles. The Balaban J connectivity index is 1.14. The van der Waals surface area contributed by atoms with Gasteiger partial charge in [0, 0.05) is 43.5 Å². The second kappa shape index (κ2) is 9.40. The lowest BCUT2D eigenvalue weighted by Crippen LogP contribution is -2.37. The summed E-state index contributed by atoms with van der Waals surface area (Å²) in [6.45, 7) is 1.75. The lowest BCUT2D eigenvalue weighted by atomic mass is 10.1. The van der Waals surface area contributed by atoms with Crippen LogP contribution in [0.25, 0.3) is 33.0 Å². The van der Waals surface area contributed by atoms with E-state index in [1.165, 1.54) is 11.6 Å². The molecule has 0 fully saturated rings. The van der Waals surface area contributed by atoms with Crippen molar-refractivity contribution in [3.63, 3.8) is 0 Å². The van der Waals surface area contributed by atoms with Crippen LogP contribution >= 0.6 is 0 Å². The molecule has 0 saturated heterocycles. The fraction of sp³-hybridized carbons (Fsp3) is 0.320. The molecule has 0 aliphatic heterocycles. The van der Waals surface area contributed by atoms with Crippen molar-refractivity contribution in [2.24, 2.45) is 14.1 Å². The second-order valence-electron chi connectivity index (χ2n) is 8.69. The van der Waals surface area contributed by atoms with E-state index in [1.807, 2.05) is 36.4 Å². The van der Waals surface area contributed by atoms with Gasteiger partial charge in [0.25, 0.3) is 5.56 Å². The minimum absolute atomic E-state index is 0.169. The van der Waals surface area contributed by atoms with Crippen molar-refractivity contribution in [3.05, 3.63) is 69.6 Å². The smallest absolute Gasteiger partial charge is 0.332 e. The third-order valence-corrected chi connectivity index (χ3v) is 6.27. The number of aromatic amines is 1. The van der Waals surface area contributed by atoms with Gasteiger partial charge in [-0.1, -0.05) is 24.3 Å². The van der Waals surface area contributed by atoms with Gasteiger partial charge in [-0.2, -0.15) is 0 Å². The molecule has 182 valence electrons. The van der Waals surface area contributed by atoms with Crippen LogP contribution in [0, 0.1) is 0 Å². The molecular formula is C25H28N6O4. The zero-order chi connectivity index (χ0) is 24.5. The summed E-state index contributed by atoms with van der Waals surface area (Å²) in [7, 11) is 3.07. The number of hydrogen-bond donors (Lipinski definition) is 3. The maximum atomic E-state index is 12.5. The number of hydrogen-bond acceptors (Lipinski definition) is 6. The Kier molecular flexibility index (Phi) is 6.14. The zero-order valence-electron chi connectivity index (χ0n) is 19.7. The highest BCUT2D eigenvalue weighted by Crippen LogP contribution is 2.32. The van der Waals surface area contributed by atoms with Gasteiger partial charge in [0.05, 0.1) is 11.8 Å². The SMILES string of the molecule is Cn1c(=O)c2c(ncn2CCCNCC(O)COc2cccc3[nH]c4ccccc4c23)n(C)c1=O. The molecule has 3 heterocycles. The fourth-order valence-electron chi connectivity index (χ4n) is 4.44. The monoisotopic (exact) mass is 476 g/mol. The number of aromatic nitrogens is 5. The van der Waals surface area contributed by atoms with E-state index in [2.05, 4.69) is 21.4 Å². The molecule has 5 aromatic rings. The molecule has 10 nitrogen and oxygen atoms in total. The molecule has 2 aromatic carbocycles. The average Bonchev–Trinajstić information content (AvgIpc) is 3.46. The first-order valence-corrected chi connectivity index (χ1v) is 11.6. The Morgan fingerprint density at radius 2 is 1.89 bits per heavy atom. The van der Waals surface area contributed by atoms with Crippen LogP contribution in [0.5, 0.6) is 5.75 Å². The first kappa shape index (κ1) is 22.9. The van der Waals surface area contributed by atoms with E-state index in [9.17, 15) is 14.7 Å². The molecule has 0 radical (unpaired) electrons. The van der Waals surface area contributed by atoms with Crippen molar-refractivity contribution in [1.29, 1.82) is 0 Å². The number of aliphatic hydroxyl groups is 1. The highest BCUT2D eigenvalue weighted by atomic mass is 16.5. The first-order valence-electron chi connectivity index (χ1n) is 11.6. The van der Waals surface area contributed by atoms with E-state index >= 15 is 0 Å². The van der Waals surface area contributed by atoms with E-state index in [0.29, 0.717) is 30.8 Å². The lowest BCUT2D eigenvalue weighted by molar-refractivity contribution is 0.107. The number of fused-ring (bicyclic) bond motifs is 4. The van der Waals surface area contributed by atoms with Crippen molar-refractivity contribution >= 4 is 33.0 Å². The predicted molar refractivity (Wildman–Crippen MR) is 135 cm³/mol. The van der Waals surface area contributed by atoms with Crippen LogP contribution in [0.2, 0.25) is 0 Å². The molecule has 1 unspecified atom stereocenters. The number of imidazole rings is 1. The summed E-state index contributed by atoms with van der Waals surface area (Å²) in [5, 5.41) is 15.7. The lowest BCUT2D eigenvalue weighted by Gasteiger charge is -2.14. The number of rotatable bonds is 9. The Morgan fingerprint density at radius 1 is 1.09 bits per heavy atom. The van der Waals surface area contributed by atoms with E-state index in [4.69, 9.17) is 4.74 Å². The van der Waals surface area contributed by atoms with Crippen molar-refractivity contribution in [1.82, 2.24) is 29.0 Å². The third kappa shape index (κ3) is 4.22. The number of ether oxygens (including phenoxy) is 1. The van der Waals surface area contributed by atoms with E-state index in [0.717, 1.165) is 38.5 Å². The van der Waals surface area contributed by atoms with E-state index in [-0.39, 0.29) is 12.2 Å². The van der Waals surface area contributed by atoms with Gasteiger partial charge in [0.2, 0.25) is 0 Å². The second-order valence-corrected chi connectivity index (χ2v) is 8.69. The molecular weight excluding hydrogens is 448 g/mol. The Bertz CT molecular complexity index is 1630. The average molecular weight is 477 g/mol. The number of para-hydroxylation sites is 1. The minimum Gasteiger partial charge on any atom is -0.490 e. The van der Waals surface area contributed by atoms with Crippen LogP contribution in [-0.4, -0.2) is 54.6 Å². The van der Waals surface area contributed by atoms with Gasteiger partial charge in [-0.15, -0.1) is 0 Å². The quantitative estimate of drug-likeness (QED) is 0.277. The summed E-state index contributed by atoms with van der Waals surface area (Å²) in [5.41, 5.74) is 2.08. The Morgan fingerprint density at radius 3 is 2.74 bits per heavy atom. The summed E-state index contributed by atoms with van der Waals surface area (Å²) in [6.07, 6.45) is 1.63. The molecule has 0 spiro atoms. The maximum Gasteiger partial charge on any atom is 0.332 e. The van der Waals surface area contributed by atoms with Crippen LogP contribution in [-0.2, 0) is 20.6 Å². The van der Waals surface area contributed by atoms with Gasteiger partial charge < -0.3 is 24.7 Å². The predicted octanol–water partition coefficient (Wildman–Crippen LogP) is 1.49. The molecule has 3 aromatic heterocycles. The standard InChI is InChI=1S/C25H28N6O4/c1-29-23-22(24(33)30(2)25(29)34)31(15-27-23)12-6-11-26-13-16(32)14-35-20-10-5-9-19-21(20)17-7-3-4-8-18(17)28-19/h3-5,7-10,15-16,26,28,32H,6,11-14H2,1-2H3. The molecule has 1 atom stereocenters. The molecule has 0 aliphatic rings. The number of H-pyrrole nitrogens is 1. The maximum absolute atomic E-state index is 12.5. The van der Waals surface area contributed by atoms with Crippen LogP contribution in [0.15, 0.2) is 58.4 Å². The molecule has 0 amide bonds. The molecule has 0 bridgehead atoms. The Hall–Kier alpha value is -3.89. The zero-order valence-corrected chi connectivity index (χ0v) is 19.7. The highest BCUT2D eigenvalue weighted by molar-refractivity contribution is 6.10. The van der Waals surface area contributed by atoms with Crippen LogP contribution < -0.4 is 21.3 Å². The molecule has 35 heavy (non-hydrogen) atoms. The van der Waals surface area contributed by atoms with Crippen molar-refractivity contribution in [3.8, 4) is 5.75 Å². The van der Waals surface area contributed by atoms with Gasteiger partial charge >= 0.3 is 5.69 Å². The summed E-state index contributed by atoms with van der Waals surface area (Å²) >= 11 is 0. The van der Waals surface area contributed by atoms with Crippen LogP contribution in [0.3, 0.4) is 0 Å². The summed E-state index contributed by atoms with van der Waals surface area (Å²) in [6, 6.07) is 13.9. The fourth-order valence-corrected chi connectivity index (χ4v) is 4.44. The normalized spacial score (nSPS) is 12.7. The number of nitrogens with zero attached hydrogens (tertiary/aromatic N) is 4. The Labute approximate surface area is 200 Å². The molecule has 0 aliphatic carbocycles. The first-order chi connectivity index (χ1) is 17.0. The summed E-state index contributed by atoms with van der Waals surface area (Å²) in [5.74, 6) is 0.738. The van der Waals surface area contributed by atoms with Crippen LogP contribution in [0.4, 0.5) is 0 Å². The van der Waals surface area contributed by atoms with Gasteiger partial charge in [-0.05, 0) is 31.2 Å². The third-order valence-electron chi connectivity index (χ3n) is 6.27. The number of nitrogens with one attached hydrogen (secondary N) is 2. The van der Waals surface area contributed by atoms with Crippen molar-refractivity contribution < 1.29 is 9.84 Å². The summed E-state index contributed by atoms with van der Waals surface area (Å²) in [4.78, 5) is 32.2. The molecule has 10 heteroatoms. The molecule has 3 N–H and O–H groups in total. The number of aryl methyl sites for hydroxylation is 2. The van der Waals surface area contributed by atoms with Crippen molar-refractivity contribution in [2.75, 3.05) is 19.7 Å². The van der Waals surface area contributed by atoms with Gasteiger partial charge in [0.15, 0.2) is 11.2 Å². The summed E-state index contributed by atoms with van der Waals surface area (Å²) < 4.78 is 10.2. The van der Waals surface area contributed by atoms with Gasteiger partial charge in [-0.3, -0.25) is 13.9 Å². The topological polar surface area (TPSA) is 119 Å². The number of aliphatic hydroxyl groups excluding tert-OH is 1. The van der Waals surface area contributed by atoms with E-state index < -0.39 is 11.8 Å². The van der Waals surface area contributed by atoms with Crippen molar-refractivity contribution in [2.45, 2.75) is 19.1 Å². The largest absolute Gasteiger partial charge is 0.490 e. The van der Waals surface area contributed by atoms with Gasteiger partial charge in [0.1, 0.15) is 18.5 Å². The van der Waals surface area contributed by atoms with Gasteiger partial charge in [-0.25, -0.2) is 9.78 Å². The van der Waals surface area contributed by atoms with Crippen LogP contribution in [0.1, 0.15) is 6.42 Å². The molecule has 5 rings (SSSR count). The minimum atomic E-state index is -0.675. The number of benzene rings is 2. The highest BCUT2D eigenvalue weighted by Gasteiger charge is 2.14.